The minimum absolute atomic E-state index is 0. The van der Waals surface area contributed by atoms with Crippen LogP contribution in [0.3, 0.4) is 0 Å². The van der Waals surface area contributed by atoms with E-state index in [1.54, 1.807) is 6.07 Å². The van der Waals surface area contributed by atoms with Gasteiger partial charge in [0.2, 0.25) is 0 Å². The van der Waals surface area contributed by atoms with Crippen molar-refractivity contribution in [1.82, 2.24) is 14.5 Å². The number of phenolic OH excluding ortho intramolecular Hbond substituents is 1. The number of phenols is 1. The van der Waals surface area contributed by atoms with Crippen molar-refractivity contribution in [1.29, 1.82) is 0 Å². The minimum Gasteiger partial charge on any atom is -0.507 e. The van der Waals surface area contributed by atoms with Crippen molar-refractivity contribution in [3.8, 4) is 56.3 Å². The number of benzene rings is 5. The number of nitrogens with zero attached hydrogens (tertiary/aromatic N) is 3. The number of pyridine rings is 1. The summed E-state index contributed by atoms with van der Waals surface area (Å²) in [4.78, 5) is 10.4. The summed E-state index contributed by atoms with van der Waals surface area (Å²) >= 11 is 0. The number of aromatic nitrogens is 3. The molecule has 0 radical (unpaired) electrons. The maximum Gasteiger partial charge on any atom is 0.148 e. The van der Waals surface area contributed by atoms with E-state index in [1.807, 2.05) is 24.4 Å². The molecule has 58 heavy (non-hydrogen) atoms. The third-order valence-corrected chi connectivity index (χ3v) is 11.1. The average Bonchev–Trinajstić information content (AvgIpc) is 3.53. The van der Waals surface area contributed by atoms with E-state index in [4.69, 9.17) is 9.97 Å². The molecule has 0 aliphatic rings. The normalized spacial score (nSPS) is 12.5. The van der Waals surface area contributed by atoms with Crippen LogP contribution in [0.2, 0.25) is 0 Å². The topological polar surface area (TPSA) is 50.9 Å². The maximum absolute atomic E-state index is 11.3. The number of imidazole rings is 1. The standard InChI is InChI=1S/C53H58N3O.Pt/c1-33-21-22-44(53(11,12)13)43(25-33)34-23-24-54-45(29-34)36-26-35(27-37(28-36)50(2,3)4)41-18-16-19-46-48(41)55-49(42-17-14-15-20-47(42)57)56(46)40-31-38(51(5,6)7)30-39(32-40)52(8,9)10;/h14-25,27-32,57H,1-13H3;/q-1;. The van der Waals surface area contributed by atoms with Crippen LogP contribution >= 0.6 is 0 Å². The van der Waals surface area contributed by atoms with Crippen LogP contribution in [-0.2, 0) is 42.7 Å². The van der Waals surface area contributed by atoms with Gasteiger partial charge in [-0.2, -0.15) is 0 Å². The average molecular weight is 948 g/mol. The Morgan fingerprint density at radius 1 is 0.569 bits per heavy atom. The number of hydrogen-bond acceptors (Lipinski definition) is 3. The molecular formula is C53H58N3OPt-. The first-order valence-corrected chi connectivity index (χ1v) is 20.2. The summed E-state index contributed by atoms with van der Waals surface area (Å²) in [6.45, 7) is 29.3. The summed E-state index contributed by atoms with van der Waals surface area (Å²) in [5, 5.41) is 11.3. The minimum atomic E-state index is -0.142. The van der Waals surface area contributed by atoms with E-state index in [9.17, 15) is 5.11 Å². The van der Waals surface area contributed by atoms with Crippen LogP contribution < -0.4 is 0 Å². The fraction of sp³-hybridized carbons (Fsp3) is 0.321. The Hall–Kier alpha value is -4.79. The summed E-state index contributed by atoms with van der Waals surface area (Å²) in [5.41, 5.74) is 15.5. The number of rotatable bonds is 5. The molecule has 0 spiro atoms. The van der Waals surface area contributed by atoms with Gasteiger partial charge in [0.1, 0.15) is 11.6 Å². The van der Waals surface area contributed by atoms with Gasteiger partial charge in [0, 0.05) is 38.6 Å². The molecule has 0 saturated heterocycles. The number of aromatic hydroxyl groups is 1. The molecule has 0 aliphatic heterocycles. The third-order valence-electron chi connectivity index (χ3n) is 11.1. The summed E-state index contributed by atoms with van der Waals surface area (Å²) in [5.74, 6) is 0.882. The van der Waals surface area contributed by atoms with Gasteiger partial charge in [0.25, 0.3) is 0 Å². The van der Waals surface area contributed by atoms with E-state index >= 15 is 0 Å². The van der Waals surface area contributed by atoms with E-state index in [2.05, 4.69) is 180 Å². The van der Waals surface area contributed by atoms with Crippen LogP contribution in [0, 0.1) is 13.0 Å². The van der Waals surface area contributed by atoms with Gasteiger partial charge in [-0.25, -0.2) is 4.98 Å². The number of hydrogen-bond donors (Lipinski definition) is 1. The molecule has 0 amide bonds. The second-order valence-corrected chi connectivity index (χ2v) is 19.9. The Labute approximate surface area is 361 Å². The van der Waals surface area contributed by atoms with Gasteiger partial charge in [-0.3, -0.25) is 9.55 Å². The van der Waals surface area contributed by atoms with E-state index in [1.165, 1.54) is 33.4 Å². The molecule has 4 nitrogen and oxygen atoms in total. The molecule has 0 aliphatic carbocycles. The number of para-hydroxylation sites is 2. The molecular weight excluding hydrogens is 890 g/mol. The maximum atomic E-state index is 11.3. The molecule has 0 atom stereocenters. The van der Waals surface area contributed by atoms with Gasteiger partial charge in [-0.1, -0.05) is 154 Å². The van der Waals surface area contributed by atoms with E-state index in [0.717, 1.165) is 44.7 Å². The first-order valence-electron chi connectivity index (χ1n) is 20.2. The Kier molecular flexibility index (Phi) is 11.4. The van der Waals surface area contributed by atoms with Gasteiger partial charge < -0.3 is 5.11 Å². The summed E-state index contributed by atoms with van der Waals surface area (Å²) < 4.78 is 2.23. The van der Waals surface area contributed by atoms with Crippen molar-refractivity contribution in [2.24, 2.45) is 0 Å². The van der Waals surface area contributed by atoms with Crippen molar-refractivity contribution in [2.75, 3.05) is 0 Å². The molecule has 0 bridgehead atoms. The summed E-state index contributed by atoms with van der Waals surface area (Å²) in [6.07, 6.45) is 1.93. The smallest absolute Gasteiger partial charge is 0.148 e. The molecule has 0 fully saturated rings. The van der Waals surface area contributed by atoms with Crippen molar-refractivity contribution < 1.29 is 26.2 Å². The van der Waals surface area contributed by atoms with Crippen molar-refractivity contribution >= 4 is 11.0 Å². The van der Waals surface area contributed by atoms with Gasteiger partial charge in [-0.15, -0.1) is 29.3 Å². The molecule has 0 unspecified atom stereocenters. The van der Waals surface area contributed by atoms with E-state index in [0.29, 0.717) is 11.4 Å². The van der Waals surface area contributed by atoms with Gasteiger partial charge >= 0.3 is 0 Å². The molecule has 2 heterocycles. The Bertz CT molecular complexity index is 2610. The molecule has 7 aromatic rings. The zero-order valence-electron chi connectivity index (χ0n) is 36.5. The molecule has 5 aromatic carbocycles. The fourth-order valence-electron chi connectivity index (χ4n) is 7.61. The molecule has 5 heteroatoms. The number of aryl methyl sites for hydroxylation is 1. The first kappa shape index (κ1) is 42.8. The molecule has 7 rings (SSSR count). The quantitative estimate of drug-likeness (QED) is 0.175. The second-order valence-electron chi connectivity index (χ2n) is 19.9. The van der Waals surface area contributed by atoms with Gasteiger partial charge in [0.05, 0.1) is 16.6 Å². The van der Waals surface area contributed by atoms with Crippen LogP contribution in [0.1, 0.15) is 111 Å². The summed E-state index contributed by atoms with van der Waals surface area (Å²) in [7, 11) is 0. The van der Waals surface area contributed by atoms with Crippen LogP contribution in [-0.4, -0.2) is 19.6 Å². The largest absolute Gasteiger partial charge is 0.507 e. The Morgan fingerprint density at radius 2 is 1.17 bits per heavy atom. The fourth-order valence-corrected chi connectivity index (χ4v) is 7.61. The Balaban J connectivity index is 0.00000567. The predicted octanol–water partition coefficient (Wildman–Crippen LogP) is 14.1. The molecule has 302 valence electrons. The van der Waals surface area contributed by atoms with Crippen molar-refractivity contribution in [2.45, 2.75) is 112 Å². The molecule has 0 saturated carbocycles. The SMILES string of the molecule is Cc1ccc(C(C)(C)C)c(-c2ccnc(-c3[c-]c(-c4cccc5c4nc(-c4ccccc4O)n5-c4cc(C(C)(C)C)cc(C(C)(C)C)c4)cc(C(C)(C)C)c3)c2)c1.[Pt]. The first-order chi connectivity index (χ1) is 26.6. The van der Waals surface area contributed by atoms with Crippen LogP contribution in [0.15, 0.2) is 109 Å². The van der Waals surface area contributed by atoms with Crippen LogP contribution in [0.4, 0.5) is 0 Å². The monoisotopic (exact) mass is 947 g/mol. The van der Waals surface area contributed by atoms with Crippen LogP contribution in [0.25, 0.3) is 61.6 Å². The van der Waals surface area contributed by atoms with Gasteiger partial charge in [0.15, 0.2) is 0 Å². The van der Waals surface area contributed by atoms with E-state index in [-0.39, 0.29) is 48.5 Å². The molecule has 2 aromatic heterocycles. The molecule has 1 N–H and O–H groups in total. The summed E-state index contributed by atoms with van der Waals surface area (Å²) in [6, 6.07) is 40.3. The zero-order valence-corrected chi connectivity index (χ0v) is 38.8. The van der Waals surface area contributed by atoms with E-state index < -0.39 is 0 Å². The van der Waals surface area contributed by atoms with Crippen molar-refractivity contribution in [3.63, 3.8) is 0 Å². The zero-order chi connectivity index (χ0) is 41.2. The second kappa shape index (κ2) is 15.4. The number of fused-ring (bicyclic) bond motifs is 1. The van der Waals surface area contributed by atoms with Crippen LogP contribution in [0.5, 0.6) is 5.75 Å². The van der Waals surface area contributed by atoms with Crippen molar-refractivity contribution in [3.05, 3.63) is 143 Å². The Morgan fingerprint density at radius 3 is 1.79 bits per heavy atom. The third kappa shape index (κ3) is 8.50. The predicted molar refractivity (Wildman–Crippen MR) is 241 cm³/mol. The van der Waals surface area contributed by atoms with Gasteiger partial charge in [-0.05, 0) is 92.8 Å².